The lowest BCUT2D eigenvalue weighted by Gasteiger charge is -2.27. The molecule has 0 spiro atoms. The molecule has 4 nitrogen and oxygen atoms in total. The molecule has 2 aliphatic rings. The zero-order valence-corrected chi connectivity index (χ0v) is 14.8. The Kier molecular flexibility index (Phi) is 4.30. The number of ether oxygens (including phenoxy) is 2. The molecule has 2 heterocycles. The van der Waals surface area contributed by atoms with Gasteiger partial charge >= 0.3 is 0 Å². The van der Waals surface area contributed by atoms with E-state index in [2.05, 4.69) is 6.07 Å². The fraction of sp³-hybridized carbons (Fsp3) is 0.350. The van der Waals surface area contributed by atoms with E-state index in [1.165, 1.54) is 0 Å². The molecule has 2 aliphatic heterocycles. The zero-order valence-electron chi connectivity index (χ0n) is 14.1. The SMILES string of the molecule is COc1cccc([C@@H]2CCCN2C(=O)[C@@H]2Cc3cc(Cl)ccc3O2)c1. The molecule has 0 saturated carbocycles. The van der Waals surface area contributed by atoms with Crippen LogP contribution in [0.4, 0.5) is 0 Å². The summed E-state index contributed by atoms with van der Waals surface area (Å²) in [7, 11) is 1.66. The van der Waals surface area contributed by atoms with E-state index in [0.29, 0.717) is 11.4 Å². The lowest BCUT2D eigenvalue weighted by molar-refractivity contribution is -0.138. The predicted molar refractivity (Wildman–Crippen MR) is 96.3 cm³/mol. The summed E-state index contributed by atoms with van der Waals surface area (Å²) < 4.78 is 11.2. The highest BCUT2D eigenvalue weighted by Crippen LogP contribution is 2.37. The van der Waals surface area contributed by atoms with Crippen LogP contribution in [0.5, 0.6) is 11.5 Å². The van der Waals surface area contributed by atoms with Crippen molar-refractivity contribution in [2.75, 3.05) is 13.7 Å². The summed E-state index contributed by atoms with van der Waals surface area (Å²) in [5.41, 5.74) is 2.12. The van der Waals surface area contributed by atoms with E-state index in [-0.39, 0.29) is 11.9 Å². The molecule has 1 saturated heterocycles. The highest BCUT2D eigenvalue weighted by molar-refractivity contribution is 6.30. The van der Waals surface area contributed by atoms with Gasteiger partial charge in [-0.3, -0.25) is 4.79 Å². The molecule has 2 aromatic carbocycles. The molecular formula is C20H20ClNO3. The summed E-state index contributed by atoms with van der Waals surface area (Å²) in [6.07, 6.45) is 2.08. The van der Waals surface area contributed by atoms with Gasteiger partial charge in [0.25, 0.3) is 5.91 Å². The lowest BCUT2D eigenvalue weighted by atomic mass is 10.0. The van der Waals surface area contributed by atoms with Crippen molar-refractivity contribution >= 4 is 17.5 Å². The van der Waals surface area contributed by atoms with Crippen LogP contribution in [0.3, 0.4) is 0 Å². The molecule has 0 aromatic heterocycles. The highest BCUT2D eigenvalue weighted by atomic mass is 35.5. The van der Waals surface area contributed by atoms with Crippen molar-refractivity contribution < 1.29 is 14.3 Å². The van der Waals surface area contributed by atoms with Crippen LogP contribution in [0.15, 0.2) is 42.5 Å². The van der Waals surface area contributed by atoms with Gasteiger partial charge in [0.2, 0.25) is 0 Å². The number of hydrogen-bond acceptors (Lipinski definition) is 3. The number of amides is 1. The Hall–Kier alpha value is -2.20. The topological polar surface area (TPSA) is 38.8 Å². The van der Waals surface area contributed by atoms with Crippen molar-refractivity contribution in [1.82, 2.24) is 4.90 Å². The van der Waals surface area contributed by atoms with E-state index in [1.807, 2.05) is 35.2 Å². The van der Waals surface area contributed by atoms with Gasteiger partial charge in [-0.25, -0.2) is 0 Å². The number of likely N-dealkylation sites (tertiary alicyclic amines) is 1. The minimum atomic E-state index is -0.459. The number of fused-ring (bicyclic) bond motifs is 1. The van der Waals surface area contributed by atoms with Crippen molar-refractivity contribution in [3.63, 3.8) is 0 Å². The van der Waals surface area contributed by atoms with E-state index >= 15 is 0 Å². The standard InChI is InChI=1S/C20H20ClNO3/c1-24-16-5-2-4-13(11-16)17-6-3-9-22(17)20(23)19-12-14-10-15(21)7-8-18(14)25-19/h2,4-5,7-8,10-11,17,19H,3,6,9,12H2,1H3/t17-,19-/m0/s1. The van der Waals surface area contributed by atoms with Crippen LogP contribution in [0.1, 0.15) is 30.0 Å². The van der Waals surface area contributed by atoms with Crippen molar-refractivity contribution in [2.45, 2.75) is 31.4 Å². The minimum absolute atomic E-state index is 0.0534. The minimum Gasteiger partial charge on any atom is -0.497 e. The third kappa shape index (κ3) is 3.07. The van der Waals surface area contributed by atoms with E-state index in [4.69, 9.17) is 21.1 Å². The van der Waals surface area contributed by atoms with E-state index in [1.54, 1.807) is 13.2 Å². The number of nitrogens with zero attached hydrogens (tertiary/aromatic N) is 1. The quantitative estimate of drug-likeness (QED) is 0.833. The number of rotatable bonds is 3. The molecule has 1 amide bonds. The fourth-order valence-electron chi connectivity index (χ4n) is 3.77. The molecule has 0 radical (unpaired) electrons. The number of benzene rings is 2. The third-order valence-electron chi connectivity index (χ3n) is 4.99. The van der Waals surface area contributed by atoms with Crippen molar-refractivity contribution in [3.05, 3.63) is 58.6 Å². The van der Waals surface area contributed by atoms with Crippen LogP contribution in [0, 0.1) is 0 Å². The van der Waals surface area contributed by atoms with Gasteiger partial charge in [0.05, 0.1) is 13.2 Å². The molecular weight excluding hydrogens is 338 g/mol. The van der Waals surface area contributed by atoms with Crippen LogP contribution >= 0.6 is 11.6 Å². The molecule has 2 aromatic rings. The zero-order chi connectivity index (χ0) is 17.4. The molecule has 0 N–H and O–H groups in total. The normalized spacial score (nSPS) is 21.8. The Morgan fingerprint density at radius 1 is 1.28 bits per heavy atom. The molecule has 25 heavy (non-hydrogen) atoms. The average Bonchev–Trinajstić information content (AvgIpc) is 3.27. The van der Waals surface area contributed by atoms with Crippen molar-refractivity contribution in [3.8, 4) is 11.5 Å². The lowest BCUT2D eigenvalue weighted by Crippen LogP contribution is -2.40. The first-order valence-electron chi connectivity index (χ1n) is 8.55. The average molecular weight is 358 g/mol. The second-order valence-corrected chi connectivity index (χ2v) is 6.97. The number of halogens is 1. The molecule has 4 rings (SSSR count). The number of hydrogen-bond donors (Lipinski definition) is 0. The smallest absolute Gasteiger partial charge is 0.264 e. The highest BCUT2D eigenvalue weighted by Gasteiger charge is 2.38. The summed E-state index contributed by atoms with van der Waals surface area (Å²) in [5.74, 6) is 1.63. The maximum absolute atomic E-state index is 13.1. The van der Waals surface area contributed by atoms with Gasteiger partial charge in [0.1, 0.15) is 11.5 Å². The first-order valence-corrected chi connectivity index (χ1v) is 8.93. The molecule has 5 heteroatoms. The van der Waals surface area contributed by atoms with E-state index in [9.17, 15) is 4.79 Å². The first kappa shape index (κ1) is 16.3. The maximum Gasteiger partial charge on any atom is 0.264 e. The van der Waals surface area contributed by atoms with Gasteiger partial charge < -0.3 is 14.4 Å². The fourth-order valence-corrected chi connectivity index (χ4v) is 3.96. The number of methoxy groups -OCH3 is 1. The summed E-state index contributed by atoms with van der Waals surface area (Å²) in [4.78, 5) is 15.0. The molecule has 130 valence electrons. The summed E-state index contributed by atoms with van der Waals surface area (Å²) in [6, 6.07) is 13.6. The van der Waals surface area contributed by atoms with Gasteiger partial charge in [0, 0.05) is 18.0 Å². The second-order valence-electron chi connectivity index (χ2n) is 6.53. The van der Waals surface area contributed by atoms with Crippen LogP contribution in [0.2, 0.25) is 5.02 Å². The van der Waals surface area contributed by atoms with E-state index in [0.717, 1.165) is 42.0 Å². The predicted octanol–water partition coefficient (Wildman–Crippen LogP) is 4.02. The molecule has 0 unspecified atom stereocenters. The molecule has 1 fully saturated rings. The van der Waals surface area contributed by atoms with Gasteiger partial charge in [-0.05, 0) is 54.3 Å². The Morgan fingerprint density at radius 3 is 3.00 bits per heavy atom. The summed E-state index contributed by atoms with van der Waals surface area (Å²) in [5, 5.41) is 0.672. The van der Waals surface area contributed by atoms with E-state index < -0.39 is 6.10 Å². The Labute approximate surface area is 152 Å². The summed E-state index contributed by atoms with van der Waals surface area (Å²) >= 11 is 6.05. The Bertz CT molecular complexity index is 807. The third-order valence-corrected chi connectivity index (χ3v) is 5.22. The van der Waals surface area contributed by atoms with Gasteiger partial charge in [-0.1, -0.05) is 23.7 Å². The molecule has 2 atom stereocenters. The summed E-state index contributed by atoms with van der Waals surface area (Å²) in [6.45, 7) is 0.762. The molecule has 0 aliphatic carbocycles. The largest absolute Gasteiger partial charge is 0.497 e. The molecule has 0 bridgehead atoms. The number of carbonyl (C=O) groups excluding carboxylic acids is 1. The number of carbonyl (C=O) groups is 1. The van der Waals surface area contributed by atoms with Crippen LogP contribution in [-0.2, 0) is 11.2 Å². The van der Waals surface area contributed by atoms with Gasteiger partial charge in [0.15, 0.2) is 6.10 Å². The van der Waals surface area contributed by atoms with Crippen LogP contribution in [-0.4, -0.2) is 30.6 Å². The van der Waals surface area contributed by atoms with Gasteiger partial charge in [-0.2, -0.15) is 0 Å². The van der Waals surface area contributed by atoms with Crippen LogP contribution < -0.4 is 9.47 Å². The second kappa shape index (κ2) is 6.60. The van der Waals surface area contributed by atoms with Crippen LogP contribution in [0.25, 0.3) is 0 Å². The van der Waals surface area contributed by atoms with Gasteiger partial charge in [-0.15, -0.1) is 0 Å². The van der Waals surface area contributed by atoms with Crippen molar-refractivity contribution in [1.29, 1.82) is 0 Å². The van der Waals surface area contributed by atoms with Crippen molar-refractivity contribution in [2.24, 2.45) is 0 Å². The first-order chi connectivity index (χ1) is 12.2. The monoisotopic (exact) mass is 357 g/mol. The Balaban J connectivity index is 1.53. The maximum atomic E-state index is 13.1. The Morgan fingerprint density at radius 2 is 2.16 bits per heavy atom.